The number of nitrogens with zero attached hydrogens (tertiary/aromatic N) is 4. The second-order valence-corrected chi connectivity index (χ2v) is 6.90. The first kappa shape index (κ1) is 18.9. The van der Waals surface area contributed by atoms with Gasteiger partial charge in [-0.15, -0.1) is 10.2 Å². The maximum absolute atomic E-state index is 12.8. The molecule has 0 saturated carbocycles. The van der Waals surface area contributed by atoms with Crippen molar-refractivity contribution in [2.75, 3.05) is 14.2 Å². The van der Waals surface area contributed by atoms with Gasteiger partial charge in [0.2, 0.25) is 0 Å². The Morgan fingerprint density at radius 3 is 2.83 bits per heavy atom. The van der Waals surface area contributed by atoms with Crippen molar-refractivity contribution in [2.45, 2.75) is 31.8 Å². The van der Waals surface area contributed by atoms with Crippen LogP contribution in [0, 0.1) is 0 Å². The molecule has 0 saturated heterocycles. The topological polar surface area (TPSA) is 91.2 Å². The second kappa shape index (κ2) is 8.30. The molecule has 3 aromatic rings. The highest BCUT2D eigenvalue weighted by Crippen LogP contribution is 2.26. The smallest absolute Gasteiger partial charge is 0.255 e. The Bertz CT molecular complexity index is 1000. The lowest BCUT2D eigenvalue weighted by Gasteiger charge is -2.17. The van der Waals surface area contributed by atoms with Crippen LogP contribution in [0.15, 0.2) is 42.7 Å². The van der Waals surface area contributed by atoms with Gasteiger partial charge in [-0.1, -0.05) is 0 Å². The van der Waals surface area contributed by atoms with Gasteiger partial charge in [-0.3, -0.25) is 9.78 Å². The Labute approximate surface area is 168 Å². The Morgan fingerprint density at radius 2 is 2.07 bits per heavy atom. The number of benzene rings is 1. The van der Waals surface area contributed by atoms with E-state index in [4.69, 9.17) is 9.47 Å². The van der Waals surface area contributed by atoms with Crippen molar-refractivity contribution in [2.24, 2.45) is 0 Å². The number of aryl methyl sites for hydroxylation is 1. The highest BCUT2D eigenvalue weighted by Gasteiger charge is 2.23. The average molecular weight is 393 g/mol. The van der Waals surface area contributed by atoms with E-state index in [9.17, 15) is 4.79 Å². The van der Waals surface area contributed by atoms with Crippen LogP contribution in [-0.4, -0.2) is 45.9 Å². The molecule has 0 spiro atoms. The summed E-state index contributed by atoms with van der Waals surface area (Å²) in [5.41, 5.74) is 1.43. The summed E-state index contributed by atoms with van der Waals surface area (Å²) >= 11 is 0. The minimum Gasteiger partial charge on any atom is -0.497 e. The van der Waals surface area contributed by atoms with Crippen LogP contribution in [0.4, 0.5) is 0 Å². The average Bonchev–Trinajstić information content (AvgIpc) is 3.08. The van der Waals surface area contributed by atoms with Crippen molar-refractivity contribution >= 4 is 5.91 Å². The van der Waals surface area contributed by atoms with Gasteiger partial charge in [-0.05, 0) is 37.1 Å². The largest absolute Gasteiger partial charge is 0.497 e. The molecule has 3 heterocycles. The van der Waals surface area contributed by atoms with E-state index < -0.39 is 0 Å². The molecule has 4 rings (SSSR count). The molecule has 1 N–H and O–H groups in total. The molecule has 1 aromatic carbocycles. The standard InChI is InChI=1S/C21H23N5O3/c1-28-16-6-7-17(18(12-16)29-2)21(27)23-15-5-8-19-24-25-20(26(19)11-9-15)14-4-3-10-22-13-14/h3-4,6-7,10,12-13,15H,5,8-9,11H2,1-2H3,(H,23,27). The van der Waals surface area contributed by atoms with Gasteiger partial charge in [-0.2, -0.15) is 0 Å². The number of amides is 1. The number of carbonyl (C=O) groups excluding carboxylic acids is 1. The van der Waals surface area contributed by atoms with Gasteiger partial charge < -0.3 is 19.4 Å². The molecule has 1 atom stereocenters. The van der Waals surface area contributed by atoms with Gasteiger partial charge in [0.25, 0.3) is 5.91 Å². The molecule has 1 aliphatic rings. The van der Waals surface area contributed by atoms with Crippen LogP contribution in [-0.2, 0) is 13.0 Å². The number of nitrogens with one attached hydrogen (secondary N) is 1. The van der Waals surface area contributed by atoms with Crippen molar-refractivity contribution in [1.82, 2.24) is 25.1 Å². The fourth-order valence-corrected chi connectivity index (χ4v) is 3.59. The highest BCUT2D eigenvalue weighted by atomic mass is 16.5. The number of methoxy groups -OCH3 is 2. The van der Waals surface area contributed by atoms with Gasteiger partial charge in [0, 0.05) is 43.0 Å². The summed E-state index contributed by atoms with van der Waals surface area (Å²) in [5, 5.41) is 11.8. The molecule has 0 radical (unpaired) electrons. The van der Waals surface area contributed by atoms with E-state index in [2.05, 4.69) is 25.1 Å². The quantitative estimate of drug-likeness (QED) is 0.716. The van der Waals surface area contributed by atoms with Gasteiger partial charge in [0.05, 0.1) is 19.8 Å². The molecule has 1 unspecified atom stereocenters. The van der Waals surface area contributed by atoms with Crippen LogP contribution in [0.25, 0.3) is 11.4 Å². The molecule has 29 heavy (non-hydrogen) atoms. The zero-order valence-corrected chi connectivity index (χ0v) is 16.5. The first-order chi connectivity index (χ1) is 14.2. The number of fused-ring (bicyclic) bond motifs is 1. The van der Waals surface area contributed by atoms with Gasteiger partial charge in [0.1, 0.15) is 17.3 Å². The zero-order chi connectivity index (χ0) is 20.2. The minimum absolute atomic E-state index is 0.0396. The van der Waals surface area contributed by atoms with Crippen LogP contribution in [0.2, 0.25) is 0 Å². The summed E-state index contributed by atoms with van der Waals surface area (Å²) in [6.45, 7) is 0.733. The Morgan fingerprint density at radius 1 is 1.17 bits per heavy atom. The summed E-state index contributed by atoms with van der Waals surface area (Å²) in [7, 11) is 3.13. The third-order valence-electron chi connectivity index (χ3n) is 5.15. The molecule has 8 nitrogen and oxygen atoms in total. The first-order valence-corrected chi connectivity index (χ1v) is 9.55. The molecule has 1 aliphatic heterocycles. The van der Waals surface area contributed by atoms with E-state index in [0.29, 0.717) is 17.1 Å². The van der Waals surface area contributed by atoms with E-state index in [1.807, 2.05) is 12.1 Å². The van der Waals surface area contributed by atoms with E-state index >= 15 is 0 Å². The molecule has 2 aromatic heterocycles. The van der Waals surface area contributed by atoms with E-state index in [0.717, 1.165) is 43.0 Å². The van der Waals surface area contributed by atoms with Crippen LogP contribution in [0.3, 0.4) is 0 Å². The SMILES string of the molecule is COc1ccc(C(=O)NC2CCc3nnc(-c4cccnc4)n3CC2)c(OC)c1. The number of ether oxygens (including phenoxy) is 2. The van der Waals surface area contributed by atoms with E-state index in [1.54, 1.807) is 44.8 Å². The molecular weight excluding hydrogens is 370 g/mol. The number of hydrogen-bond acceptors (Lipinski definition) is 6. The summed E-state index contributed by atoms with van der Waals surface area (Å²) in [6.07, 6.45) is 5.87. The third kappa shape index (κ3) is 3.91. The predicted octanol–water partition coefficient (Wildman–Crippen LogP) is 2.49. The molecule has 150 valence electrons. The first-order valence-electron chi connectivity index (χ1n) is 9.55. The third-order valence-corrected chi connectivity index (χ3v) is 5.15. The van der Waals surface area contributed by atoms with E-state index in [-0.39, 0.29) is 11.9 Å². The second-order valence-electron chi connectivity index (χ2n) is 6.90. The van der Waals surface area contributed by atoms with Crippen LogP contribution >= 0.6 is 0 Å². The lowest BCUT2D eigenvalue weighted by atomic mass is 10.1. The highest BCUT2D eigenvalue weighted by molar-refractivity contribution is 5.97. The van der Waals surface area contributed by atoms with Crippen molar-refractivity contribution in [1.29, 1.82) is 0 Å². The van der Waals surface area contributed by atoms with E-state index in [1.165, 1.54) is 0 Å². The number of hydrogen-bond donors (Lipinski definition) is 1. The summed E-state index contributed by atoms with van der Waals surface area (Å²) in [6, 6.07) is 9.09. The Kier molecular flexibility index (Phi) is 5.41. The number of aromatic nitrogens is 4. The number of rotatable bonds is 5. The summed E-state index contributed by atoms with van der Waals surface area (Å²) in [4.78, 5) is 17.0. The Hall–Kier alpha value is -3.42. The maximum atomic E-state index is 12.8. The fourth-order valence-electron chi connectivity index (χ4n) is 3.59. The Balaban J connectivity index is 1.47. The normalized spacial score (nSPS) is 15.9. The van der Waals surface area contributed by atoms with Gasteiger partial charge >= 0.3 is 0 Å². The maximum Gasteiger partial charge on any atom is 0.255 e. The number of carbonyl (C=O) groups is 1. The fraction of sp³-hybridized carbons (Fsp3) is 0.333. The van der Waals surface area contributed by atoms with Crippen molar-refractivity contribution < 1.29 is 14.3 Å². The molecule has 0 bridgehead atoms. The zero-order valence-electron chi connectivity index (χ0n) is 16.5. The van der Waals surface area contributed by atoms with Crippen molar-refractivity contribution in [3.05, 3.63) is 54.1 Å². The van der Waals surface area contributed by atoms with Crippen LogP contribution in [0.1, 0.15) is 29.0 Å². The van der Waals surface area contributed by atoms with Crippen LogP contribution in [0.5, 0.6) is 11.5 Å². The molecule has 8 heteroatoms. The minimum atomic E-state index is -0.153. The lowest BCUT2D eigenvalue weighted by molar-refractivity contribution is 0.0930. The summed E-state index contributed by atoms with van der Waals surface area (Å²) < 4.78 is 12.7. The summed E-state index contributed by atoms with van der Waals surface area (Å²) in [5.74, 6) is 2.74. The lowest BCUT2D eigenvalue weighted by Crippen LogP contribution is -2.35. The van der Waals surface area contributed by atoms with Crippen molar-refractivity contribution in [3.63, 3.8) is 0 Å². The number of pyridine rings is 1. The van der Waals surface area contributed by atoms with Crippen molar-refractivity contribution in [3.8, 4) is 22.9 Å². The monoisotopic (exact) mass is 393 g/mol. The van der Waals surface area contributed by atoms with Gasteiger partial charge in [0.15, 0.2) is 5.82 Å². The molecule has 1 amide bonds. The molecule has 0 aliphatic carbocycles. The molecule has 0 fully saturated rings. The van der Waals surface area contributed by atoms with Crippen LogP contribution < -0.4 is 14.8 Å². The van der Waals surface area contributed by atoms with Gasteiger partial charge in [-0.25, -0.2) is 0 Å². The predicted molar refractivity (Wildman–Crippen MR) is 107 cm³/mol. The molecular formula is C21H23N5O3.